The minimum absolute atomic E-state index is 0.420. The monoisotopic (exact) mass is 192 g/mol. The van der Waals surface area contributed by atoms with Gasteiger partial charge in [0.15, 0.2) is 0 Å². The highest BCUT2D eigenvalue weighted by molar-refractivity contribution is 5.22. The first kappa shape index (κ1) is 11.3. The van der Waals surface area contributed by atoms with Gasteiger partial charge in [0.05, 0.1) is 5.60 Å². The summed E-state index contributed by atoms with van der Waals surface area (Å²) in [6.07, 6.45) is 6.36. The van der Waals surface area contributed by atoms with Gasteiger partial charge in [-0.1, -0.05) is 24.3 Å². The Morgan fingerprint density at radius 1 is 1.79 bits per heavy atom. The second-order valence-electron chi connectivity index (χ2n) is 4.39. The Morgan fingerprint density at radius 2 is 2.43 bits per heavy atom. The van der Waals surface area contributed by atoms with Gasteiger partial charge in [-0.3, -0.25) is 0 Å². The lowest BCUT2D eigenvalue weighted by Gasteiger charge is -2.36. The van der Waals surface area contributed by atoms with Crippen molar-refractivity contribution < 1.29 is 5.11 Å². The number of allylic oxidation sites excluding steroid dienone is 2. The van der Waals surface area contributed by atoms with Crippen LogP contribution in [0.25, 0.3) is 0 Å². The average Bonchev–Trinajstić information content (AvgIpc) is 2.10. The first-order valence-corrected chi connectivity index (χ1v) is 5.15. The maximum atomic E-state index is 10.4. The van der Waals surface area contributed by atoms with Gasteiger partial charge in [-0.2, -0.15) is 0 Å². The predicted octanol–water partition coefficient (Wildman–Crippen LogP) is 3.23. The molecule has 0 aromatic rings. The topological polar surface area (TPSA) is 20.2 Å². The zero-order valence-electron chi connectivity index (χ0n) is 9.21. The van der Waals surface area contributed by atoms with E-state index in [4.69, 9.17) is 0 Å². The van der Waals surface area contributed by atoms with Gasteiger partial charge in [0.1, 0.15) is 0 Å². The highest BCUT2D eigenvalue weighted by Crippen LogP contribution is 2.37. The van der Waals surface area contributed by atoms with Gasteiger partial charge in [0.2, 0.25) is 0 Å². The van der Waals surface area contributed by atoms with E-state index < -0.39 is 5.60 Å². The number of aliphatic hydroxyl groups is 1. The maximum absolute atomic E-state index is 10.4. The molecule has 0 saturated carbocycles. The Kier molecular flexibility index (Phi) is 3.33. The first-order chi connectivity index (χ1) is 6.49. The van der Waals surface area contributed by atoms with E-state index >= 15 is 0 Å². The molecule has 1 heteroatoms. The summed E-state index contributed by atoms with van der Waals surface area (Å²) in [4.78, 5) is 0. The highest BCUT2D eigenvalue weighted by Gasteiger charge is 2.34. The van der Waals surface area contributed by atoms with Crippen molar-refractivity contribution in [3.05, 3.63) is 36.5 Å². The van der Waals surface area contributed by atoms with Gasteiger partial charge >= 0.3 is 0 Å². The smallest absolute Gasteiger partial charge is 0.0894 e. The van der Waals surface area contributed by atoms with Crippen molar-refractivity contribution in [3.63, 3.8) is 0 Å². The largest absolute Gasteiger partial charge is 0.385 e. The molecular weight excluding hydrogens is 172 g/mol. The molecule has 0 amide bonds. The number of hydrogen-bond donors (Lipinski definition) is 1. The molecule has 0 bridgehead atoms. The molecular formula is C13H20O. The van der Waals surface area contributed by atoms with Crippen LogP contribution in [0.5, 0.6) is 0 Å². The van der Waals surface area contributed by atoms with Gasteiger partial charge in [0, 0.05) is 0 Å². The van der Waals surface area contributed by atoms with Gasteiger partial charge in [-0.15, -0.1) is 6.58 Å². The van der Waals surface area contributed by atoms with E-state index in [0.29, 0.717) is 12.3 Å². The lowest BCUT2D eigenvalue weighted by molar-refractivity contribution is 0.0524. The van der Waals surface area contributed by atoms with Crippen molar-refractivity contribution in [1.29, 1.82) is 0 Å². The summed E-state index contributed by atoms with van der Waals surface area (Å²) < 4.78 is 0. The van der Waals surface area contributed by atoms with Crippen molar-refractivity contribution in [1.82, 2.24) is 0 Å². The Hall–Kier alpha value is -0.820. The molecule has 1 aliphatic rings. The zero-order valence-corrected chi connectivity index (χ0v) is 9.21. The molecule has 2 unspecified atom stereocenters. The summed E-state index contributed by atoms with van der Waals surface area (Å²) in [6.45, 7) is 11.7. The summed E-state index contributed by atoms with van der Waals surface area (Å²) in [7, 11) is 0. The first-order valence-electron chi connectivity index (χ1n) is 5.15. The van der Waals surface area contributed by atoms with Gasteiger partial charge in [-0.25, -0.2) is 0 Å². The molecule has 0 aromatic carbocycles. The summed E-state index contributed by atoms with van der Waals surface area (Å²) >= 11 is 0. The van der Waals surface area contributed by atoms with E-state index in [0.717, 1.165) is 24.0 Å². The van der Waals surface area contributed by atoms with Crippen molar-refractivity contribution in [2.24, 2.45) is 5.92 Å². The fourth-order valence-electron chi connectivity index (χ4n) is 2.02. The molecule has 0 heterocycles. The second kappa shape index (κ2) is 4.14. The quantitative estimate of drug-likeness (QED) is 0.681. The third kappa shape index (κ3) is 2.16. The third-order valence-electron chi connectivity index (χ3n) is 3.21. The summed E-state index contributed by atoms with van der Waals surface area (Å²) in [5, 5.41) is 10.4. The minimum Gasteiger partial charge on any atom is -0.385 e. The highest BCUT2D eigenvalue weighted by atomic mass is 16.3. The molecule has 0 radical (unpaired) electrons. The Morgan fingerprint density at radius 3 is 2.93 bits per heavy atom. The van der Waals surface area contributed by atoms with Crippen LogP contribution in [0.1, 0.15) is 33.1 Å². The van der Waals surface area contributed by atoms with Crippen LogP contribution in [0.2, 0.25) is 0 Å². The van der Waals surface area contributed by atoms with Crippen LogP contribution in [-0.4, -0.2) is 10.7 Å². The minimum atomic E-state index is -0.677. The van der Waals surface area contributed by atoms with Crippen LogP contribution in [0, 0.1) is 5.92 Å². The normalized spacial score (nSPS) is 32.2. The predicted molar refractivity (Wildman–Crippen MR) is 61.1 cm³/mol. The molecule has 1 aliphatic carbocycles. The van der Waals surface area contributed by atoms with Crippen LogP contribution < -0.4 is 0 Å². The molecule has 0 aromatic heterocycles. The van der Waals surface area contributed by atoms with Gasteiger partial charge in [-0.05, 0) is 44.6 Å². The molecule has 0 spiro atoms. The maximum Gasteiger partial charge on any atom is 0.0894 e. The molecule has 0 saturated heterocycles. The SMILES string of the molecule is C=CCC1(O)CC(C(=C)C)CC=C1C. The molecule has 14 heavy (non-hydrogen) atoms. The van der Waals surface area contributed by atoms with Gasteiger partial charge < -0.3 is 5.11 Å². The number of hydrogen-bond acceptors (Lipinski definition) is 1. The second-order valence-corrected chi connectivity index (χ2v) is 4.39. The molecule has 0 fully saturated rings. The Balaban J connectivity index is 2.85. The standard InChI is InChI=1S/C13H20O/c1-5-8-13(14)9-12(10(2)3)7-6-11(13)4/h5-6,12,14H,1-2,7-9H2,3-4H3. The third-order valence-corrected chi connectivity index (χ3v) is 3.21. The van der Waals surface area contributed by atoms with Crippen LogP contribution in [-0.2, 0) is 0 Å². The summed E-state index contributed by atoms with van der Waals surface area (Å²) in [5.41, 5.74) is 1.56. The van der Waals surface area contributed by atoms with E-state index in [2.05, 4.69) is 19.2 Å². The van der Waals surface area contributed by atoms with Crippen LogP contribution in [0.4, 0.5) is 0 Å². The zero-order chi connectivity index (χ0) is 10.8. The van der Waals surface area contributed by atoms with Crippen molar-refractivity contribution in [2.45, 2.75) is 38.7 Å². The average molecular weight is 192 g/mol. The Labute approximate surface area is 86.8 Å². The molecule has 0 aliphatic heterocycles. The fourth-order valence-corrected chi connectivity index (χ4v) is 2.02. The molecule has 2 atom stereocenters. The molecule has 78 valence electrons. The van der Waals surface area contributed by atoms with Crippen molar-refractivity contribution >= 4 is 0 Å². The molecule has 1 nitrogen and oxygen atoms in total. The van der Waals surface area contributed by atoms with Crippen molar-refractivity contribution in [2.75, 3.05) is 0 Å². The van der Waals surface area contributed by atoms with E-state index in [9.17, 15) is 5.11 Å². The lowest BCUT2D eigenvalue weighted by atomic mass is 9.74. The van der Waals surface area contributed by atoms with Crippen LogP contribution >= 0.6 is 0 Å². The van der Waals surface area contributed by atoms with E-state index in [1.807, 2.05) is 13.8 Å². The Bertz CT molecular complexity index is 275. The number of rotatable bonds is 3. The summed E-state index contributed by atoms with van der Waals surface area (Å²) in [5.74, 6) is 0.420. The summed E-state index contributed by atoms with van der Waals surface area (Å²) in [6, 6.07) is 0. The van der Waals surface area contributed by atoms with E-state index in [1.165, 1.54) is 0 Å². The van der Waals surface area contributed by atoms with Crippen LogP contribution in [0.3, 0.4) is 0 Å². The lowest BCUT2D eigenvalue weighted by Crippen LogP contribution is -2.35. The van der Waals surface area contributed by atoms with Crippen LogP contribution in [0.15, 0.2) is 36.5 Å². The van der Waals surface area contributed by atoms with Gasteiger partial charge in [0.25, 0.3) is 0 Å². The molecule has 1 rings (SSSR count). The van der Waals surface area contributed by atoms with E-state index in [-0.39, 0.29) is 0 Å². The van der Waals surface area contributed by atoms with Crippen molar-refractivity contribution in [3.8, 4) is 0 Å². The molecule has 1 N–H and O–H groups in total. The fraction of sp³-hybridized carbons (Fsp3) is 0.538. The van der Waals surface area contributed by atoms with E-state index in [1.54, 1.807) is 6.08 Å².